The highest BCUT2D eigenvalue weighted by atomic mass is 35.5. The van der Waals surface area contributed by atoms with Crippen molar-refractivity contribution in [3.8, 4) is 5.88 Å². The van der Waals surface area contributed by atoms with Crippen LogP contribution in [0.1, 0.15) is 6.42 Å². The summed E-state index contributed by atoms with van der Waals surface area (Å²) in [6.45, 7) is 1.04. The highest BCUT2D eigenvalue weighted by Gasteiger charge is 2.34. The van der Waals surface area contributed by atoms with Gasteiger partial charge in [-0.3, -0.25) is 10.1 Å². The molecule has 2 atom stereocenters. The van der Waals surface area contributed by atoms with E-state index in [1.165, 1.54) is 0 Å². The maximum atomic E-state index is 14.0. The fourth-order valence-electron chi connectivity index (χ4n) is 3.01. The van der Waals surface area contributed by atoms with Gasteiger partial charge >= 0.3 is 0 Å². The van der Waals surface area contributed by atoms with Crippen LogP contribution in [0.15, 0.2) is 23.4 Å². The van der Waals surface area contributed by atoms with Gasteiger partial charge in [-0.1, -0.05) is 17.7 Å². The van der Waals surface area contributed by atoms with Crippen molar-refractivity contribution in [3.05, 3.63) is 39.9 Å². The van der Waals surface area contributed by atoms with Crippen molar-refractivity contribution in [2.24, 2.45) is 0 Å². The van der Waals surface area contributed by atoms with Gasteiger partial charge < -0.3 is 14.6 Å². The molecule has 120 valence electrons. The third-order valence-corrected chi connectivity index (χ3v) is 4.41. The third kappa shape index (κ3) is 2.34. The first-order valence-corrected chi connectivity index (χ1v) is 7.54. The van der Waals surface area contributed by atoms with Crippen LogP contribution in [0.2, 0.25) is 5.15 Å². The Hall–Kier alpha value is -2.19. The van der Waals surface area contributed by atoms with E-state index in [0.717, 1.165) is 19.4 Å². The Morgan fingerprint density at radius 1 is 1.52 bits per heavy atom. The first-order chi connectivity index (χ1) is 11.1. The molecule has 0 amide bonds. The lowest BCUT2D eigenvalue weighted by Crippen LogP contribution is -2.37. The van der Waals surface area contributed by atoms with Crippen LogP contribution in [0.4, 0.5) is 4.39 Å². The van der Waals surface area contributed by atoms with E-state index < -0.39 is 11.4 Å². The molecule has 7 nitrogen and oxygen atoms in total. The van der Waals surface area contributed by atoms with E-state index in [4.69, 9.17) is 16.3 Å². The summed E-state index contributed by atoms with van der Waals surface area (Å²) in [6, 6.07) is 0.398. The number of fused-ring (bicyclic) bond motifs is 2. The van der Waals surface area contributed by atoms with Crippen molar-refractivity contribution >= 4 is 22.5 Å². The highest BCUT2D eigenvalue weighted by Crippen LogP contribution is 2.27. The van der Waals surface area contributed by atoms with Crippen molar-refractivity contribution in [3.63, 3.8) is 0 Å². The summed E-state index contributed by atoms with van der Waals surface area (Å²) in [5.41, 5.74) is -0.663. The van der Waals surface area contributed by atoms with Gasteiger partial charge in [-0.15, -0.1) is 0 Å². The van der Waals surface area contributed by atoms with Crippen LogP contribution in [0.3, 0.4) is 0 Å². The maximum absolute atomic E-state index is 14.0. The molecule has 2 aliphatic heterocycles. The number of nitrogens with zero attached hydrogens (tertiary/aromatic N) is 3. The number of hydrogen-bond acceptors (Lipinski definition) is 6. The number of nitrogens with one attached hydrogen (secondary N) is 2. The van der Waals surface area contributed by atoms with E-state index in [1.54, 1.807) is 0 Å². The lowest BCUT2D eigenvalue weighted by Gasteiger charge is -2.20. The Labute approximate surface area is 135 Å². The van der Waals surface area contributed by atoms with Crippen LogP contribution in [-0.4, -0.2) is 45.2 Å². The SMILES string of the molecule is O=c1[nH]cnc2c(F)c(Cl)nc(OCC3NCN4C=CCC34)c12. The first-order valence-electron chi connectivity index (χ1n) is 7.16. The van der Waals surface area contributed by atoms with Gasteiger partial charge in [-0.05, 0) is 12.6 Å². The largest absolute Gasteiger partial charge is 0.475 e. The quantitative estimate of drug-likeness (QED) is 0.813. The lowest BCUT2D eigenvalue weighted by atomic mass is 10.1. The van der Waals surface area contributed by atoms with Gasteiger partial charge in [-0.2, -0.15) is 4.98 Å². The van der Waals surface area contributed by atoms with E-state index in [-0.39, 0.29) is 28.0 Å². The molecule has 4 heterocycles. The fraction of sp³-hybridized carbons (Fsp3) is 0.357. The second kappa shape index (κ2) is 5.47. The highest BCUT2D eigenvalue weighted by molar-refractivity contribution is 6.30. The predicted molar refractivity (Wildman–Crippen MR) is 81.8 cm³/mol. The van der Waals surface area contributed by atoms with Crippen LogP contribution in [0.5, 0.6) is 5.88 Å². The Kier molecular flexibility index (Phi) is 3.42. The van der Waals surface area contributed by atoms with Crippen molar-refractivity contribution in [1.29, 1.82) is 0 Å². The Balaban J connectivity index is 1.64. The fourth-order valence-corrected chi connectivity index (χ4v) is 3.17. The molecule has 1 fully saturated rings. The molecule has 2 aromatic heterocycles. The average Bonchev–Trinajstić information content (AvgIpc) is 3.13. The van der Waals surface area contributed by atoms with Gasteiger partial charge in [0.25, 0.3) is 5.56 Å². The number of H-pyrrole nitrogens is 1. The first kappa shape index (κ1) is 14.4. The van der Waals surface area contributed by atoms with E-state index in [0.29, 0.717) is 12.6 Å². The number of ether oxygens (including phenoxy) is 1. The van der Waals surface area contributed by atoms with Gasteiger partial charge in [0, 0.05) is 0 Å². The number of pyridine rings is 1. The molecule has 2 aliphatic rings. The number of aromatic amines is 1. The van der Waals surface area contributed by atoms with Gasteiger partial charge in [0.05, 0.1) is 25.1 Å². The Morgan fingerprint density at radius 3 is 3.26 bits per heavy atom. The molecule has 0 aliphatic carbocycles. The molecule has 0 saturated carbocycles. The van der Waals surface area contributed by atoms with Crippen molar-refractivity contribution in [2.45, 2.75) is 18.5 Å². The molecule has 0 bridgehead atoms. The molecule has 0 spiro atoms. The van der Waals surface area contributed by atoms with Gasteiger partial charge in [0.2, 0.25) is 5.88 Å². The van der Waals surface area contributed by atoms with Crippen molar-refractivity contribution in [1.82, 2.24) is 25.2 Å². The maximum Gasteiger partial charge on any atom is 0.264 e. The van der Waals surface area contributed by atoms with Crippen molar-refractivity contribution < 1.29 is 9.13 Å². The standard InChI is InChI=1S/C14H13ClFN5O2/c15-12-10(16)11-9(13(22)18-5-17-11)14(20-12)23-4-7-8-2-1-3-21(8)6-19-7/h1,3,5,7-8,19H,2,4,6H2,(H,17,18,22). The summed E-state index contributed by atoms with van der Waals surface area (Å²) < 4.78 is 19.7. The average molecular weight is 338 g/mol. The monoisotopic (exact) mass is 337 g/mol. The van der Waals surface area contributed by atoms with Gasteiger partial charge in [0.1, 0.15) is 17.5 Å². The minimum atomic E-state index is -0.828. The molecule has 1 saturated heterocycles. The molecule has 2 aromatic rings. The number of aromatic nitrogens is 3. The minimum Gasteiger partial charge on any atom is -0.475 e. The molecule has 0 radical (unpaired) electrons. The van der Waals surface area contributed by atoms with Crippen LogP contribution >= 0.6 is 11.6 Å². The zero-order chi connectivity index (χ0) is 16.0. The Morgan fingerprint density at radius 2 is 2.39 bits per heavy atom. The molecule has 9 heteroatoms. The zero-order valence-corrected chi connectivity index (χ0v) is 12.7. The van der Waals surface area contributed by atoms with E-state index in [2.05, 4.69) is 37.4 Å². The summed E-state index contributed by atoms with van der Waals surface area (Å²) in [4.78, 5) is 24.3. The lowest BCUT2D eigenvalue weighted by molar-refractivity contribution is 0.244. The number of halogens is 2. The zero-order valence-electron chi connectivity index (χ0n) is 11.9. The summed E-state index contributed by atoms with van der Waals surface area (Å²) in [5, 5.41) is 2.93. The second-order valence-corrected chi connectivity index (χ2v) is 5.82. The van der Waals surface area contributed by atoms with E-state index in [9.17, 15) is 9.18 Å². The molecule has 0 aromatic carbocycles. The van der Waals surface area contributed by atoms with Crippen LogP contribution in [-0.2, 0) is 0 Å². The van der Waals surface area contributed by atoms with E-state index >= 15 is 0 Å². The van der Waals surface area contributed by atoms with Gasteiger partial charge in [0.15, 0.2) is 11.0 Å². The second-order valence-electron chi connectivity index (χ2n) is 5.46. The normalized spacial score (nSPS) is 22.8. The number of hydrogen-bond donors (Lipinski definition) is 2. The summed E-state index contributed by atoms with van der Waals surface area (Å²) >= 11 is 5.78. The molecule has 4 rings (SSSR count). The van der Waals surface area contributed by atoms with Crippen LogP contribution in [0.25, 0.3) is 10.9 Å². The summed E-state index contributed by atoms with van der Waals surface area (Å²) in [7, 11) is 0. The van der Waals surface area contributed by atoms with Gasteiger partial charge in [-0.25, -0.2) is 9.37 Å². The molecule has 23 heavy (non-hydrogen) atoms. The molecular weight excluding hydrogens is 325 g/mol. The summed E-state index contributed by atoms with van der Waals surface area (Å²) in [6.07, 6.45) is 6.21. The smallest absolute Gasteiger partial charge is 0.264 e. The number of rotatable bonds is 3. The minimum absolute atomic E-state index is 0.00745. The Bertz CT molecular complexity index is 855. The van der Waals surface area contributed by atoms with E-state index in [1.807, 2.05) is 0 Å². The molecular formula is C14H13ClFN5O2. The van der Waals surface area contributed by atoms with Crippen LogP contribution in [0, 0.1) is 5.82 Å². The molecule has 2 N–H and O–H groups in total. The van der Waals surface area contributed by atoms with Crippen LogP contribution < -0.4 is 15.6 Å². The topological polar surface area (TPSA) is 83.1 Å². The third-order valence-electron chi connectivity index (χ3n) is 4.16. The molecule has 2 unspecified atom stereocenters. The predicted octanol–water partition coefficient (Wildman–Crippen LogP) is 1.01. The van der Waals surface area contributed by atoms with Crippen molar-refractivity contribution in [2.75, 3.05) is 13.3 Å². The summed E-state index contributed by atoms with van der Waals surface area (Å²) in [5.74, 6) is -0.836.